The van der Waals surface area contributed by atoms with Crippen molar-refractivity contribution in [3.8, 4) is 0 Å². The maximum absolute atomic E-state index is 4.55. The lowest BCUT2D eigenvalue weighted by Crippen LogP contribution is -2.23. The van der Waals surface area contributed by atoms with Crippen molar-refractivity contribution in [1.29, 1.82) is 0 Å². The molecule has 2 heteroatoms. The first-order valence-electron chi connectivity index (χ1n) is 6.70. The first-order chi connectivity index (χ1) is 8.65. The molecule has 1 heterocycles. The first-order valence-corrected chi connectivity index (χ1v) is 6.70. The summed E-state index contributed by atoms with van der Waals surface area (Å²) in [4.78, 5) is 4.55. The number of hydrogen-bond acceptors (Lipinski definition) is 2. The van der Waals surface area contributed by atoms with Crippen molar-refractivity contribution in [3.05, 3.63) is 41.6 Å². The van der Waals surface area contributed by atoms with Crippen molar-refractivity contribution in [3.63, 3.8) is 0 Å². The topological polar surface area (TPSA) is 24.9 Å². The Morgan fingerprint density at radius 3 is 2.67 bits per heavy atom. The van der Waals surface area contributed by atoms with Gasteiger partial charge in [-0.15, -0.1) is 0 Å². The summed E-state index contributed by atoms with van der Waals surface area (Å²) in [6.45, 7) is 6.56. The van der Waals surface area contributed by atoms with E-state index in [0.29, 0.717) is 12.0 Å². The van der Waals surface area contributed by atoms with Crippen molar-refractivity contribution >= 4 is 10.9 Å². The molecule has 0 amide bonds. The van der Waals surface area contributed by atoms with E-state index in [-0.39, 0.29) is 0 Å². The lowest BCUT2D eigenvalue weighted by atomic mass is 9.92. The minimum Gasteiger partial charge on any atom is -0.313 e. The van der Waals surface area contributed by atoms with Gasteiger partial charge in [0.05, 0.1) is 5.52 Å². The summed E-state index contributed by atoms with van der Waals surface area (Å²) in [5.74, 6) is 0.630. The van der Waals surface area contributed by atoms with Crippen LogP contribution < -0.4 is 5.32 Å². The highest BCUT2D eigenvalue weighted by Gasteiger charge is 2.16. The third kappa shape index (κ3) is 2.54. The fraction of sp³-hybridized carbons (Fsp3) is 0.438. The molecule has 0 aliphatic rings. The number of rotatable bonds is 4. The van der Waals surface area contributed by atoms with Gasteiger partial charge in [-0.1, -0.05) is 32.4 Å². The van der Waals surface area contributed by atoms with E-state index in [1.54, 1.807) is 0 Å². The molecule has 0 aliphatic carbocycles. The average Bonchev–Trinajstić information content (AvgIpc) is 2.39. The summed E-state index contributed by atoms with van der Waals surface area (Å²) >= 11 is 0. The second kappa shape index (κ2) is 5.49. The van der Waals surface area contributed by atoms with Gasteiger partial charge in [-0.25, -0.2) is 0 Å². The third-order valence-corrected chi connectivity index (χ3v) is 3.74. The lowest BCUT2D eigenvalue weighted by molar-refractivity contribution is 0.401. The maximum Gasteiger partial charge on any atom is 0.0705 e. The number of nitrogens with zero attached hydrogens (tertiary/aromatic N) is 1. The van der Waals surface area contributed by atoms with E-state index in [9.17, 15) is 0 Å². The van der Waals surface area contributed by atoms with Crippen LogP contribution in [0.5, 0.6) is 0 Å². The first kappa shape index (κ1) is 13.0. The maximum atomic E-state index is 4.55. The summed E-state index contributed by atoms with van der Waals surface area (Å²) in [5.41, 5.74) is 3.50. The molecule has 2 unspecified atom stereocenters. The standard InChI is InChI=1S/C16H22N2/c1-5-11(2)16(17-4)14-8-9-15-13(10-14)7-6-12(3)18-15/h6-11,16-17H,5H2,1-4H3. The Morgan fingerprint density at radius 1 is 1.22 bits per heavy atom. The number of fused-ring (bicyclic) bond motifs is 1. The molecule has 0 fully saturated rings. The van der Waals surface area contributed by atoms with Gasteiger partial charge in [-0.05, 0) is 43.7 Å². The monoisotopic (exact) mass is 242 g/mol. The zero-order valence-corrected chi connectivity index (χ0v) is 11.7. The van der Waals surface area contributed by atoms with Gasteiger partial charge in [0.2, 0.25) is 0 Å². The van der Waals surface area contributed by atoms with Gasteiger partial charge in [0.15, 0.2) is 0 Å². The fourth-order valence-electron chi connectivity index (χ4n) is 2.45. The summed E-state index contributed by atoms with van der Waals surface area (Å²) in [6, 6.07) is 11.2. The van der Waals surface area contributed by atoms with Gasteiger partial charge in [-0.3, -0.25) is 4.98 Å². The molecule has 96 valence electrons. The Bertz CT molecular complexity index is 534. The van der Waals surface area contributed by atoms with Crippen LogP contribution in [0.15, 0.2) is 30.3 Å². The Labute approximate surface area is 109 Å². The molecule has 0 spiro atoms. The Hall–Kier alpha value is -1.41. The van der Waals surface area contributed by atoms with Crippen LogP contribution in [-0.4, -0.2) is 12.0 Å². The molecule has 2 nitrogen and oxygen atoms in total. The molecule has 1 aromatic heterocycles. The smallest absolute Gasteiger partial charge is 0.0705 e. The highest BCUT2D eigenvalue weighted by molar-refractivity contribution is 5.79. The van der Waals surface area contributed by atoms with Crippen LogP contribution in [-0.2, 0) is 0 Å². The number of nitrogens with one attached hydrogen (secondary N) is 1. The minimum absolute atomic E-state index is 0.417. The molecule has 1 aromatic carbocycles. The van der Waals surface area contributed by atoms with Gasteiger partial charge in [0.25, 0.3) is 0 Å². The second-order valence-electron chi connectivity index (χ2n) is 5.06. The molecule has 18 heavy (non-hydrogen) atoms. The van der Waals surface area contributed by atoms with E-state index in [1.807, 2.05) is 14.0 Å². The number of benzene rings is 1. The van der Waals surface area contributed by atoms with Crippen molar-refractivity contribution in [2.75, 3.05) is 7.05 Å². The van der Waals surface area contributed by atoms with Crippen LogP contribution >= 0.6 is 0 Å². The summed E-state index contributed by atoms with van der Waals surface area (Å²) < 4.78 is 0. The largest absolute Gasteiger partial charge is 0.313 e. The van der Waals surface area contributed by atoms with Gasteiger partial charge in [-0.2, -0.15) is 0 Å². The predicted molar refractivity (Wildman–Crippen MR) is 77.7 cm³/mol. The van der Waals surface area contributed by atoms with E-state index in [4.69, 9.17) is 0 Å². The van der Waals surface area contributed by atoms with Gasteiger partial charge < -0.3 is 5.32 Å². The van der Waals surface area contributed by atoms with Gasteiger partial charge in [0, 0.05) is 17.1 Å². The number of pyridine rings is 1. The minimum atomic E-state index is 0.417. The van der Waals surface area contributed by atoms with Crippen LogP contribution in [0.4, 0.5) is 0 Å². The van der Waals surface area contributed by atoms with E-state index in [2.05, 4.69) is 54.5 Å². The van der Waals surface area contributed by atoms with Crippen LogP contribution in [0, 0.1) is 12.8 Å². The van der Waals surface area contributed by atoms with E-state index >= 15 is 0 Å². The third-order valence-electron chi connectivity index (χ3n) is 3.74. The average molecular weight is 242 g/mol. The molecular weight excluding hydrogens is 220 g/mol. The molecule has 2 rings (SSSR count). The van der Waals surface area contributed by atoms with Crippen LogP contribution in [0.3, 0.4) is 0 Å². The molecule has 0 aliphatic heterocycles. The van der Waals surface area contributed by atoms with Crippen LogP contribution in [0.1, 0.15) is 37.6 Å². The van der Waals surface area contributed by atoms with Crippen molar-refractivity contribution in [1.82, 2.24) is 10.3 Å². The lowest BCUT2D eigenvalue weighted by Gasteiger charge is -2.23. The predicted octanol–water partition coefficient (Wildman–Crippen LogP) is 3.85. The Kier molecular flexibility index (Phi) is 3.97. The molecule has 0 saturated carbocycles. The summed E-state index contributed by atoms with van der Waals surface area (Å²) in [7, 11) is 2.04. The van der Waals surface area contributed by atoms with E-state index in [1.165, 1.54) is 17.4 Å². The molecule has 2 atom stereocenters. The van der Waals surface area contributed by atoms with Crippen LogP contribution in [0.25, 0.3) is 10.9 Å². The molecule has 2 aromatic rings. The molecular formula is C16H22N2. The Balaban J connectivity index is 2.42. The van der Waals surface area contributed by atoms with Crippen LogP contribution in [0.2, 0.25) is 0 Å². The van der Waals surface area contributed by atoms with Gasteiger partial charge in [0.1, 0.15) is 0 Å². The molecule has 0 bridgehead atoms. The Morgan fingerprint density at radius 2 is 2.00 bits per heavy atom. The SMILES string of the molecule is CCC(C)C(NC)c1ccc2nc(C)ccc2c1. The van der Waals surface area contributed by atoms with Crippen molar-refractivity contribution in [2.24, 2.45) is 5.92 Å². The second-order valence-corrected chi connectivity index (χ2v) is 5.06. The molecule has 1 N–H and O–H groups in total. The normalized spacial score (nSPS) is 14.7. The molecule has 0 radical (unpaired) electrons. The van der Waals surface area contributed by atoms with E-state index in [0.717, 1.165) is 11.2 Å². The summed E-state index contributed by atoms with van der Waals surface area (Å²) in [5, 5.41) is 4.65. The highest BCUT2D eigenvalue weighted by Crippen LogP contribution is 2.26. The summed E-state index contributed by atoms with van der Waals surface area (Å²) in [6.07, 6.45) is 1.18. The van der Waals surface area contributed by atoms with Crippen molar-refractivity contribution in [2.45, 2.75) is 33.2 Å². The zero-order valence-electron chi connectivity index (χ0n) is 11.7. The number of aromatic nitrogens is 1. The van der Waals surface area contributed by atoms with E-state index < -0.39 is 0 Å². The molecule has 0 saturated heterocycles. The van der Waals surface area contributed by atoms with Crippen molar-refractivity contribution < 1.29 is 0 Å². The quantitative estimate of drug-likeness (QED) is 0.881. The van der Waals surface area contributed by atoms with Gasteiger partial charge >= 0.3 is 0 Å². The number of hydrogen-bond donors (Lipinski definition) is 1. The number of aryl methyl sites for hydroxylation is 1. The zero-order chi connectivity index (χ0) is 13.1. The fourth-order valence-corrected chi connectivity index (χ4v) is 2.45. The highest BCUT2D eigenvalue weighted by atomic mass is 14.9.